The molecule has 0 saturated heterocycles. The molecule has 1 aromatic carbocycles. The predicted molar refractivity (Wildman–Crippen MR) is 120 cm³/mol. The first-order valence-electron chi connectivity index (χ1n) is 11.0. The van der Waals surface area contributed by atoms with Crippen LogP contribution in [0.2, 0.25) is 0 Å². The van der Waals surface area contributed by atoms with E-state index in [1.54, 1.807) is 6.92 Å². The molecule has 2 aromatic rings. The van der Waals surface area contributed by atoms with E-state index < -0.39 is 5.97 Å². The van der Waals surface area contributed by atoms with Gasteiger partial charge in [0.05, 0.1) is 59.3 Å². The molecule has 1 heterocycles. The van der Waals surface area contributed by atoms with E-state index in [4.69, 9.17) is 24.1 Å². The molecule has 2 rings (SSSR count). The predicted octanol–water partition coefficient (Wildman–Crippen LogP) is 0.789. The summed E-state index contributed by atoms with van der Waals surface area (Å²) in [5.41, 5.74) is 1.76. The van der Waals surface area contributed by atoms with E-state index in [-0.39, 0.29) is 25.4 Å². The maximum atomic E-state index is 12.0. The second kappa shape index (κ2) is 16.5. The molecule has 0 saturated carbocycles. The summed E-state index contributed by atoms with van der Waals surface area (Å²) < 4.78 is 21.2. The third kappa shape index (κ3) is 12.3. The van der Waals surface area contributed by atoms with Crippen molar-refractivity contribution in [1.82, 2.24) is 25.7 Å². The molecular formula is C22H31N5O7. The van der Waals surface area contributed by atoms with E-state index in [1.807, 2.05) is 24.3 Å². The van der Waals surface area contributed by atoms with E-state index in [0.29, 0.717) is 64.4 Å². The molecule has 0 bridgehead atoms. The number of carboxylic acids is 1. The normalized spacial score (nSPS) is 10.9. The van der Waals surface area contributed by atoms with Crippen LogP contribution in [-0.2, 0) is 35.1 Å². The van der Waals surface area contributed by atoms with Crippen molar-refractivity contribution in [2.75, 3.05) is 52.9 Å². The number of hydrogen-bond acceptors (Lipinski definition) is 10. The Bertz CT molecular complexity index is 850. The van der Waals surface area contributed by atoms with Gasteiger partial charge in [0, 0.05) is 18.5 Å². The van der Waals surface area contributed by atoms with E-state index in [1.165, 1.54) is 0 Å². The summed E-state index contributed by atoms with van der Waals surface area (Å²) >= 11 is 0. The number of nitrogens with zero attached hydrogens (tertiary/aromatic N) is 4. The van der Waals surface area contributed by atoms with Crippen LogP contribution in [0.5, 0.6) is 0 Å². The minimum absolute atomic E-state index is 0.0137. The second-order valence-corrected chi connectivity index (χ2v) is 7.09. The van der Waals surface area contributed by atoms with Gasteiger partial charge in [0.25, 0.3) is 0 Å². The van der Waals surface area contributed by atoms with Gasteiger partial charge in [-0.25, -0.2) is 0 Å². The molecule has 0 spiro atoms. The highest BCUT2D eigenvalue weighted by Gasteiger charge is 2.05. The number of carbonyl (C=O) groups excluding carboxylic acids is 1. The van der Waals surface area contributed by atoms with Crippen molar-refractivity contribution in [2.24, 2.45) is 0 Å². The molecule has 2 N–H and O–H groups in total. The average molecular weight is 478 g/mol. The van der Waals surface area contributed by atoms with Crippen molar-refractivity contribution in [3.8, 4) is 11.4 Å². The van der Waals surface area contributed by atoms with E-state index in [0.717, 1.165) is 11.1 Å². The minimum Gasteiger partial charge on any atom is -0.481 e. The Kier molecular flexibility index (Phi) is 13.2. The van der Waals surface area contributed by atoms with Gasteiger partial charge in [0.1, 0.15) is 0 Å². The van der Waals surface area contributed by atoms with Crippen LogP contribution in [0.1, 0.15) is 24.2 Å². The zero-order chi connectivity index (χ0) is 24.4. The van der Waals surface area contributed by atoms with Crippen LogP contribution in [0.15, 0.2) is 24.3 Å². The molecular weight excluding hydrogens is 446 g/mol. The minimum atomic E-state index is -0.884. The lowest BCUT2D eigenvalue weighted by atomic mass is 10.1. The molecule has 12 nitrogen and oxygen atoms in total. The van der Waals surface area contributed by atoms with Crippen LogP contribution in [0.3, 0.4) is 0 Å². The summed E-state index contributed by atoms with van der Waals surface area (Å²) in [6.07, 6.45) is 0.248. The first-order valence-corrected chi connectivity index (χ1v) is 11.0. The van der Waals surface area contributed by atoms with Crippen molar-refractivity contribution in [3.63, 3.8) is 0 Å². The van der Waals surface area contributed by atoms with Gasteiger partial charge in [0.15, 0.2) is 5.82 Å². The Balaban J connectivity index is 1.42. The summed E-state index contributed by atoms with van der Waals surface area (Å²) in [5.74, 6) is -0.0153. The van der Waals surface area contributed by atoms with Gasteiger partial charge in [-0.2, -0.15) is 0 Å². The molecule has 0 fully saturated rings. The monoisotopic (exact) mass is 477 g/mol. The number of rotatable bonds is 18. The Morgan fingerprint density at radius 3 is 1.79 bits per heavy atom. The third-order valence-corrected chi connectivity index (χ3v) is 4.33. The number of benzene rings is 1. The van der Waals surface area contributed by atoms with Gasteiger partial charge in [-0.05, 0) is 12.5 Å². The fraction of sp³-hybridized carbons (Fsp3) is 0.545. The number of amides is 1. The third-order valence-electron chi connectivity index (χ3n) is 4.33. The topological polar surface area (TPSA) is 155 Å². The van der Waals surface area contributed by atoms with Crippen molar-refractivity contribution < 1.29 is 33.6 Å². The zero-order valence-corrected chi connectivity index (χ0v) is 19.3. The molecule has 186 valence electrons. The summed E-state index contributed by atoms with van der Waals surface area (Å²) in [7, 11) is 0. The number of carbonyl (C=O) groups is 2. The summed E-state index contributed by atoms with van der Waals surface area (Å²) in [4.78, 5) is 22.3. The van der Waals surface area contributed by atoms with Crippen molar-refractivity contribution in [3.05, 3.63) is 35.7 Å². The van der Waals surface area contributed by atoms with Gasteiger partial charge in [-0.1, -0.05) is 24.3 Å². The van der Waals surface area contributed by atoms with Crippen molar-refractivity contribution >= 4 is 11.9 Å². The highest BCUT2D eigenvalue weighted by molar-refractivity contribution is 5.76. The number of aromatic nitrogens is 4. The van der Waals surface area contributed by atoms with Crippen LogP contribution in [0, 0.1) is 6.92 Å². The average Bonchev–Trinajstić information content (AvgIpc) is 2.83. The number of carboxylic acid groups (broad SMARTS) is 1. The second-order valence-electron chi connectivity index (χ2n) is 7.09. The molecule has 1 aromatic heterocycles. The van der Waals surface area contributed by atoms with Crippen LogP contribution in [-0.4, -0.2) is 90.2 Å². The smallest absolute Gasteiger partial charge is 0.305 e. The molecule has 0 aliphatic rings. The lowest BCUT2D eigenvalue weighted by molar-refractivity contribution is -0.138. The van der Waals surface area contributed by atoms with Gasteiger partial charge in [0.2, 0.25) is 11.7 Å². The van der Waals surface area contributed by atoms with Crippen LogP contribution >= 0.6 is 0 Å². The first kappa shape index (κ1) is 27.2. The molecule has 0 unspecified atom stereocenters. The molecule has 0 aliphatic carbocycles. The number of ether oxygens (including phenoxy) is 4. The molecule has 34 heavy (non-hydrogen) atoms. The standard InChI is InChI=1S/C22H31N5O7/c1-17-24-26-22(27-25-17)19-4-2-18(3-5-19)16-23-20(28)6-8-31-10-12-33-14-15-34-13-11-32-9-7-21(29)30/h2-5H,6-16H2,1H3,(H,23,28)(H,29,30). The van der Waals surface area contributed by atoms with Crippen LogP contribution < -0.4 is 5.32 Å². The Morgan fingerprint density at radius 2 is 1.26 bits per heavy atom. The lowest BCUT2D eigenvalue weighted by Crippen LogP contribution is -2.24. The fourth-order valence-electron chi connectivity index (χ4n) is 2.54. The first-order chi connectivity index (χ1) is 16.5. The largest absolute Gasteiger partial charge is 0.481 e. The van der Waals surface area contributed by atoms with E-state index in [2.05, 4.69) is 25.7 Å². The number of hydrogen-bond donors (Lipinski definition) is 2. The Labute approximate surface area is 198 Å². The molecule has 0 atom stereocenters. The fourth-order valence-corrected chi connectivity index (χ4v) is 2.54. The summed E-state index contributed by atoms with van der Waals surface area (Å²) in [6, 6.07) is 7.51. The number of aryl methyl sites for hydroxylation is 1. The van der Waals surface area contributed by atoms with E-state index in [9.17, 15) is 9.59 Å². The molecule has 1 amide bonds. The summed E-state index contributed by atoms with van der Waals surface area (Å²) in [6.45, 7) is 4.98. The summed E-state index contributed by atoms with van der Waals surface area (Å²) in [5, 5.41) is 27.1. The Morgan fingerprint density at radius 1 is 0.765 bits per heavy atom. The van der Waals surface area contributed by atoms with Gasteiger partial charge in [-0.15, -0.1) is 20.4 Å². The number of nitrogens with one attached hydrogen (secondary N) is 1. The highest BCUT2D eigenvalue weighted by Crippen LogP contribution is 2.13. The molecule has 0 aliphatic heterocycles. The van der Waals surface area contributed by atoms with Gasteiger partial charge < -0.3 is 29.4 Å². The maximum Gasteiger partial charge on any atom is 0.305 e. The highest BCUT2D eigenvalue weighted by atomic mass is 16.6. The molecule has 0 radical (unpaired) electrons. The van der Waals surface area contributed by atoms with Gasteiger partial charge in [-0.3, -0.25) is 9.59 Å². The SMILES string of the molecule is Cc1nnc(-c2ccc(CNC(=O)CCOCCOCCOCCOCCC(=O)O)cc2)nn1. The van der Waals surface area contributed by atoms with Crippen LogP contribution in [0.4, 0.5) is 0 Å². The Hall–Kier alpha value is -3.06. The number of aliphatic carboxylic acids is 1. The van der Waals surface area contributed by atoms with Crippen molar-refractivity contribution in [2.45, 2.75) is 26.3 Å². The maximum absolute atomic E-state index is 12.0. The lowest BCUT2D eigenvalue weighted by Gasteiger charge is -2.08. The van der Waals surface area contributed by atoms with Gasteiger partial charge >= 0.3 is 5.97 Å². The van der Waals surface area contributed by atoms with E-state index >= 15 is 0 Å². The van der Waals surface area contributed by atoms with Crippen molar-refractivity contribution in [1.29, 1.82) is 0 Å². The molecule has 12 heteroatoms. The zero-order valence-electron chi connectivity index (χ0n) is 19.3. The quantitative estimate of drug-likeness (QED) is 0.293. The van der Waals surface area contributed by atoms with Crippen LogP contribution in [0.25, 0.3) is 11.4 Å².